The summed E-state index contributed by atoms with van der Waals surface area (Å²) in [6.45, 7) is 5.64. The van der Waals surface area contributed by atoms with Crippen molar-refractivity contribution in [2.24, 2.45) is 11.8 Å². The number of nitrogens with zero attached hydrogens (tertiary/aromatic N) is 2. The summed E-state index contributed by atoms with van der Waals surface area (Å²) in [6, 6.07) is 12.5. The standard InChI is InChI=1S/C27H27ClN2O5S2/c1-16-11-17(2)14-29(13-16)27(36)37-23-12-24(32)30(25(23)33)19-9-7-18(8-10-19)26(34)35-15-22(31)20-5-3-4-6-21(20)28/h3-10,16-17,23H,11-15H2,1-2H3/t16-,17-,23-/m1/s1. The third kappa shape index (κ3) is 6.40. The van der Waals surface area contributed by atoms with Gasteiger partial charge in [0.15, 0.2) is 6.61 Å². The predicted octanol–water partition coefficient (Wildman–Crippen LogP) is 5.01. The third-order valence-electron chi connectivity index (χ3n) is 6.35. The van der Waals surface area contributed by atoms with Gasteiger partial charge >= 0.3 is 5.97 Å². The van der Waals surface area contributed by atoms with Crippen LogP contribution in [0.5, 0.6) is 0 Å². The number of thiocarbonyl (C=S) groups is 1. The number of rotatable bonds is 6. The molecule has 0 spiro atoms. The molecule has 0 aromatic heterocycles. The number of hydrogen-bond donors (Lipinski definition) is 0. The average molecular weight is 559 g/mol. The lowest BCUT2D eigenvalue weighted by molar-refractivity contribution is -0.121. The monoisotopic (exact) mass is 558 g/mol. The van der Waals surface area contributed by atoms with Crippen LogP contribution in [0.4, 0.5) is 5.69 Å². The molecule has 2 aromatic rings. The number of amides is 2. The summed E-state index contributed by atoms with van der Waals surface area (Å²) >= 11 is 12.9. The van der Waals surface area contributed by atoms with Crippen molar-refractivity contribution < 1.29 is 23.9 Å². The zero-order valence-electron chi connectivity index (χ0n) is 20.5. The van der Waals surface area contributed by atoms with Crippen LogP contribution in [0, 0.1) is 11.8 Å². The topological polar surface area (TPSA) is 84.0 Å². The molecule has 0 N–H and O–H groups in total. The molecule has 3 atom stereocenters. The van der Waals surface area contributed by atoms with Gasteiger partial charge < -0.3 is 9.64 Å². The van der Waals surface area contributed by atoms with E-state index >= 15 is 0 Å². The van der Waals surface area contributed by atoms with Gasteiger partial charge in [-0.25, -0.2) is 9.69 Å². The van der Waals surface area contributed by atoms with Crippen molar-refractivity contribution in [2.45, 2.75) is 31.9 Å². The van der Waals surface area contributed by atoms with E-state index in [1.807, 2.05) is 0 Å². The summed E-state index contributed by atoms with van der Waals surface area (Å²) in [4.78, 5) is 53.8. The molecule has 2 heterocycles. The summed E-state index contributed by atoms with van der Waals surface area (Å²) in [5, 5.41) is -0.293. The Hall–Kier alpha value is -2.75. The number of carbonyl (C=O) groups is 4. The fourth-order valence-corrected chi connectivity index (χ4v) is 6.41. The van der Waals surface area contributed by atoms with Crippen LogP contribution >= 0.6 is 35.6 Å². The highest BCUT2D eigenvalue weighted by atomic mass is 35.5. The molecule has 2 saturated heterocycles. The molecule has 194 valence electrons. The Kier molecular flexibility index (Phi) is 8.67. The van der Waals surface area contributed by atoms with Crippen LogP contribution < -0.4 is 4.90 Å². The zero-order valence-corrected chi connectivity index (χ0v) is 22.9. The third-order valence-corrected chi connectivity index (χ3v) is 8.33. The maximum atomic E-state index is 13.1. The Morgan fingerprint density at radius 2 is 1.70 bits per heavy atom. The maximum Gasteiger partial charge on any atom is 0.338 e. The second-order valence-corrected chi connectivity index (χ2v) is 11.8. The first-order chi connectivity index (χ1) is 17.6. The van der Waals surface area contributed by atoms with Crippen LogP contribution in [0.15, 0.2) is 48.5 Å². The molecule has 37 heavy (non-hydrogen) atoms. The van der Waals surface area contributed by atoms with Crippen molar-refractivity contribution in [3.63, 3.8) is 0 Å². The average Bonchev–Trinajstić information content (AvgIpc) is 3.14. The van der Waals surface area contributed by atoms with E-state index in [9.17, 15) is 19.2 Å². The minimum atomic E-state index is -0.699. The number of anilines is 1. The number of ketones is 1. The van der Waals surface area contributed by atoms with Gasteiger partial charge in [0.1, 0.15) is 9.57 Å². The molecular weight excluding hydrogens is 532 g/mol. The number of hydrogen-bond acceptors (Lipinski definition) is 7. The van der Waals surface area contributed by atoms with E-state index in [2.05, 4.69) is 18.7 Å². The highest BCUT2D eigenvalue weighted by molar-refractivity contribution is 8.23. The van der Waals surface area contributed by atoms with Gasteiger partial charge in [0.2, 0.25) is 17.6 Å². The zero-order chi connectivity index (χ0) is 26.7. The van der Waals surface area contributed by atoms with E-state index in [0.29, 0.717) is 21.8 Å². The molecule has 7 nitrogen and oxygen atoms in total. The van der Waals surface area contributed by atoms with Gasteiger partial charge in [0.05, 0.1) is 16.3 Å². The Labute approximate surface area is 230 Å². The highest BCUT2D eigenvalue weighted by Gasteiger charge is 2.41. The van der Waals surface area contributed by atoms with E-state index in [0.717, 1.165) is 24.4 Å². The van der Waals surface area contributed by atoms with Crippen LogP contribution in [-0.4, -0.2) is 57.7 Å². The van der Waals surface area contributed by atoms with Gasteiger partial charge in [-0.05, 0) is 54.7 Å². The van der Waals surface area contributed by atoms with Crippen molar-refractivity contribution in [1.29, 1.82) is 0 Å². The fraction of sp³-hybridized carbons (Fsp3) is 0.370. The van der Waals surface area contributed by atoms with E-state index < -0.39 is 23.6 Å². The molecule has 0 unspecified atom stereocenters. The van der Waals surface area contributed by atoms with Crippen LogP contribution in [0.2, 0.25) is 5.02 Å². The van der Waals surface area contributed by atoms with E-state index in [1.165, 1.54) is 36.0 Å². The lowest BCUT2D eigenvalue weighted by Gasteiger charge is -2.36. The molecule has 10 heteroatoms. The molecule has 2 fully saturated rings. The van der Waals surface area contributed by atoms with Gasteiger partial charge in [-0.1, -0.05) is 61.6 Å². The normalized spacial score (nSPS) is 21.8. The molecule has 2 aromatic carbocycles. The van der Waals surface area contributed by atoms with Crippen LogP contribution in [0.1, 0.15) is 47.4 Å². The van der Waals surface area contributed by atoms with Gasteiger partial charge in [0.25, 0.3) is 0 Å². The minimum Gasteiger partial charge on any atom is -0.454 e. The fourth-order valence-electron chi connectivity index (χ4n) is 4.70. The number of halogens is 1. The molecular formula is C27H27ClN2O5S2. The highest BCUT2D eigenvalue weighted by Crippen LogP contribution is 2.33. The summed E-state index contributed by atoms with van der Waals surface area (Å²) < 4.78 is 5.77. The maximum absolute atomic E-state index is 13.1. The van der Waals surface area contributed by atoms with Crippen molar-refractivity contribution in [3.05, 3.63) is 64.7 Å². The number of ether oxygens (including phenoxy) is 1. The van der Waals surface area contributed by atoms with Crippen molar-refractivity contribution in [1.82, 2.24) is 4.90 Å². The molecule has 2 aliphatic rings. The van der Waals surface area contributed by atoms with Crippen LogP contribution in [-0.2, 0) is 14.3 Å². The Morgan fingerprint density at radius 1 is 1.05 bits per heavy atom. The van der Waals surface area contributed by atoms with Crippen LogP contribution in [0.3, 0.4) is 0 Å². The van der Waals surface area contributed by atoms with Crippen molar-refractivity contribution in [3.8, 4) is 0 Å². The summed E-state index contributed by atoms with van der Waals surface area (Å²) in [7, 11) is 0. The Morgan fingerprint density at radius 3 is 2.35 bits per heavy atom. The number of piperidine rings is 1. The number of likely N-dealkylation sites (tertiary alicyclic amines) is 1. The number of Topliss-reactive ketones (excluding diaryl/α,β-unsaturated/α-hetero) is 1. The quantitative estimate of drug-likeness (QED) is 0.212. The molecule has 0 radical (unpaired) electrons. The van der Waals surface area contributed by atoms with Crippen molar-refractivity contribution >= 4 is 69.2 Å². The second kappa shape index (κ2) is 11.8. The van der Waals surface area contributed by atoms with Gasteiger partial charge in [-0.2, -0.15) is 0 Å². The second-order valence-electron chi connectivity index (χ2n) is 9.52. The molecule has 4 rings (SSSR count). The lowest BCUT2D eigenvalue weighted by Crippen LogP contribution is -2.41. The first-order valence-corrected chi connectivity index (χ1v) is 13.7. The lowest BCUT2D eigenvalue weighted by atomic mass is 9.92. The van der Waals surface area contributed by atoms with Gasteiger partial charge in [-0.3, -0.25) is 14.4 Å². The molecule has 0 saturated carbocycles. The SMILES string of the molecule is C[C@@H]1C[C@@H](C)CN(C(=S)S[C@@H]2CC(=O)N(c3ccc(C(=O)OCC(=O)c4ccccc4Cl)cc3)C2=O)C1. The Balaban J connectivity index is 1.35. The number of esters is 1. The van der Waals surface area contributed by atoms with Gasteiger partial charge in [-0.15, -0.1) is 0 Å². The number of carbonyl (C=O) groups excluding carboxylic acids is 4. The molecule has 0 bridgehead atoms. The van der Waals surface area contributed by atoms with Gasteiger partial charge in [0, 0.05) is 25.1 Å². The van der Waals surface area contributed by atoms with Crippen molar-refractivity contribution in [2.75, 3.05) is 24.6 Å². The molecule has 2 amide bonds. The first kappa shape index (κ1) is 27.3. The predicted molar refractivity (Wildman–Crippen MR) is 148 cm³/mol. The largest absolute Gasteiger partial charge is 0.454 e. The number of imide groups is 1. The summed E-state index contributed by atoms with van der Waals surface area (Å²) in [6.07, 6.45) is 1.22. The number of thioether (sulfide) groups is 1. The van der Waals surface area contributed by atoms with E-state index in [1.54, 1.807) is 24.3 Å². The minimum absolute atomic E-state index is 0.0660. The summed E-state index contributed by atoms with van der Waals surface area (Å²) in [5.41, 5.74) is 0.831. The summed E-state index contributed by atoms with van der Waals surface area (Å²) in [5.74, 6) is -0.700. The smallest absolute Gasteiger partial charge is 0.338 e. The van der Waals surface area contributed by atoms with Crippen LogP contribution in [0.25, 0.3) is 0 Å². The number of benzene rings is 2. The van der Waals surface area contributed by atoms with E-state index in [4.69, 9.17) is 28.6 Å². The first-order valence-electron chi connectivity index (χ1n) is 12.0. The molecule has 2 aliphatic heterocycles. The Bertz CT molecular complexity index is 1230. The van der Waals surface area contributed by atoms with E-state index in [-0.39, 0.29) is 34.4 Å². The molecule has 0 aliphatic carbocycles.